The van der Waals surface area contributed by atoms with Gasteiger partial charge in [-0.3, -0.25) is 0 Å². The summed E-state index contributed by atoms with van der Waals surface area (Å²) in [5.74, 6) is 1.33. The quantitative estimate of drug-likeness (QED) is 0.448. The summed E-state index contributed by atoms with van der Waals surface area (Å²) in [7, 11) is 3.90. The number of anilines is 1. The Bertz CT molecular complexity index is 1090. The van der Waals surface area contributed by atoms with E-state index in [1.54, 1.807) is 12.4 Å². The highest BCUT2D eigenvalue weighted by atomic mass is 15.1. The van der Waals surface area contributed by atoms with E-state index in [1.165, 1.54) is 0 Å². The van der Waals surface area contributed by atoms with Crippen LogP contribution in [0.3, 0.4) is 0 Å². The van der Waals surface area contributed by atoms with E-state index in [-0.39, 0.29) is 0 Å². The third-order valence-electron chi connectivity index (χ3n) is 4.33. The van der Waals surface area contributed by atoms with Crippen LogP contribution in [0.1, 0.15) is 5.56 Å². The highest BCUT2D eigenvalue weighted by Gasteiger charge is 2.05. The lowest BCUT2D eigenvalue weighted by atomic mass is 10.2. The van der Waals surface area contributed by atoms with Crippen LogP contribution in [0.4, 0.5) is 11.5 Å². The minimum atomic E-state index is 0.455. The summed E-state index contributed by atoms with van der Waals surface area (Å²) < 4.78 is 2.05. The fraction of sp³-hybridized carbons (Fsp3) is 0.0952. The van der Waals surface area contributed by atoms with E-state index in [9.17, 15) is 0 Å². The molecule has 0 fully saturated rings. The summed E-state index contributed by atoms with van der Waals surface area (Å²) in [5.41, 5.74) is 9.72. The van der Waals surface area contributed by atoms with Crippen LogP contribution in [0, 0.1) is 0 Å². The lowest BCUT2D eigenvalue weighted by Crippen LogP contribution is -2.13. The molecule has 4 rings (SSSR count). The first-order chi connectivity index (χ1) is 13.1. The third kappa shape index (κ3) is 3.37. The molecule has 2 N–H and O–H groups in total. The van der Waals surface area contributed by atoms with Crippen molar-refractivity contribution in [3.05, 3.63) is 78.8 Å². The van der Waals surface area contributed by atoms with Crippen molar-refractivity contribution < 1.29 is 0 Å². The van der Waals surface area contributed by atoms with E-state index in [0.29, 0.717) is 5.84 Å². The smallest absolute Gasteiger partial charge is 0.144 e. The average Bonchev–Trinajstić information content (AvgIpc) is 3.12. The van der Waals surface area contributed by atoms with E-state index in [1.807, 2.05) is 73.7 Å². The van der Waals surface area contributed by atoms with Crippen LogP contribution in [-0.4, -0.2) is 34.5 Å². The van der Waals surface area contributed by atoms with Gasteiger partial charge in [-0.05, 0) is 54.6 Å². The van der Waals surface area contributed by atoms with Crippen molar-refractivity contribution in [3.63, 3.8) is 0 Å². The van der Waals surface area contributed by atoms with Crippen molar-refractivity contribution in [1.82, 2.24) is 14.5 Å². The lowest BCUT2D eigenvalue weighted by molar-refractivity contribution is 1.07. The van der Waals surface area contributed by atoms with Gasteiger partial charge < -0.3 is 15.2 Å². The number of amidine groups is 1. The number of nitrogens with zero attached hydrogens (tertiary/aromatic N) is 5. The first kappa shape index (κ1) is 16.8. The second-order valence-electron chi connectivity index (χ2n) is 6.41. The lowest BCUT2D eigenvalue weighted by Gasteiger charge is -2.10. The molecule has 0 radical (unpaired) electrons. The minimum Gasteiger partial charge on any atom is -0.383 e. The fourth-order valence-electron chi connectivity index (χ4n) is 2.88. The van der Waals surface area contributed by atoms with Crippen LogP contribution in [0.2, 0.25) is 0 Å². The van der Waals surface area contributed by atoms with Crippen LogP contribution in [0.5, 0.6) is 0 Å². The molecule has 134 valence electrons. The Kier molecular flexibility index (Phi) is 4.30. The average molecular weight is 356 g/mol. The van der Waals surface area contributed by atoms with Gasteiger partial charge in [0.1, 0.15) is 17.3 Å². The van der Waals surface area contributed by atoms with Gasteiger partial charge in [-0.25, -0.2) is 15.0 Å². The van der Waals surface area contributed by atoms with E-state index in [0.717, 1.165) is 33.8 Å². The van der Waals surface area contributed by atoms with E-state index >= 15 is 0 Å². The molecular formula is C21H20N6. The Balaban J connectivity index is 1.59. The standard InChI is InChI=1S/C21H20N6/c1-26(2)19-10-7-17(14-24-19)25-20(22)15-5-8-18(9-6-15)27-13-11-16-4-3-12-23-21(16)27/h3-14H,1-2H3,(H2,22,25). The number of hydrogen-bond acceptors (Lipinski definition) is 4. The molecule has 3 aromatic heterocycles. The molecule has 0 unspecified atom stereocenters. The Morgan fingerprint density at radius 2 is 1.81 bits per heavy atom. The zero-order valence-corrected chi connectivity index (χ0v) is 15.2. The van der Waals surface area contributed by atoms with Gasteiger partial charge in [0.25, 0.3) is 0 Å². The van der Waals surface area contributed by atoms with Crippen LogP contribution in [0.25, 0.3) is 16.7 Å². The summed E-state index contributed by atoms with van der Waals surface area (Å²) in [6, 6.07) is 17.8. The number of nitrogens with two attached hydrogens (primary N) is 1. The topological polar surface area (TPSA) is 72.3 Å². The van der Waals surface area contributed by atoms with Gasteiger partial charge in [0.05, 0.1) is 11.9 Å². The van der Waals surface area contributed by atoms with Gasteiger partial charge in [0.15, 0.2) is 0 Å². The zero-order chi connectivity index (χ0) is 18.8. The molecule has 0 saturated carbocycles. The van der Waals surface area contributed by atoms with Gasteiger partial charge in [-0.1, -0.05) is 0 Å². The second-order valence-corrected chi connectivity index (χ2v) is 6.41. The molecule has 1 aromatic carbocycles. The van der Waals surface area contributed by atoms with Gasteiger partial charge in [0.2, 0.25) is 0 Å². The highest BCUT2D eigenvalue weighted by molar-refractivity contribution is 5.99. The zero-order valence-electron chi connectivity index (χ0n) is 15.2. The molecule has 0 aliphatic heterocycles. The van der Waals surface area contributed by atoms with E-state index in [4.69, 9.17) is 5.73 Å². The van der Waals surface area contributed by atoms with Crippen molar-refractivity contribution in [2.45, 2.75) is 0 Å². The molecule has 0 aliphatic carbocycles. The van der Waals surface area contributed by atoms with Crippen molar-refractivity contribution in [3.8, 4) is 5.69 Å². The second kappa shape index (κ2) is 6.92. The summed E-state index contributed by atoms with van der Waals surface area (Å²) in [6.45, 7) is 0. The Morgan fingerprint density at radius 3 is 2.52 bits per heavy atom. The number of aliphatic imine (C=N–C) groups is 1. The van der Waals surface area contributed by atoms with Gasteiger partial charge in [-0.15, -0.1) is 0 Å². The predicted octanol–water partition coefficient (Wildman–Crippen LogP) is 3.52. The number of hydrogen-bond donors (Lipinski definition) is 1. The van der Waals surface area contributed by atoms with E-state index in [2.05, 4.69) is 25.6 Å². The van der Waals surface area contributed by atoms with Crippen LogP contribution < -0.4 is 10.6 Å². The van der Waals surface area contributed by atoms with Crippen LogP contribution in [0.15, 0.2) is 78.2 Å². The van der Waals surface area contributed by atoms with E-state index < -0.39 is 0 Å². The first-order valence-corrected chi connectivity index (χ1v) is 8.62. The van der Waals surface area contributed by atoms with Gasteiger partial charge in [0, 0.05) is 43.1 Å². The summed E-state index contributed by atoms with van der Waals surface area (Å²) in [6.07, 6.45) is 5.53. The van der Waals surface area contributed by atoms with Gasteiger partial charge in [-0.2, -0.15) is 0 Å². The Morgan fingerprint density at radius 1 is 1.00 bits per heavy atom. The molecule has 0 amide bonds. The third-order valence-corrected chi connectivity index (χ3v) is 4.33. The van der Waals surface area contributed by atoms with Crippen LogP contribution >= 0.6 is 0 Å². The molecule has 27 heavy (non-hydrogen) atoms. The largest absolute Gasteiger partial charge is 0.383 e. The van der Waals surface area contributed by atoms with Crippen molar-refractivity contribution in [2.24, 2.45) is 10.7 Å². The predicted molar refractivity (Wildman–Crippen MR) is 110 cm³/mol. The molecule has 4 aromatic rings. The number of aromatic nitrogens is 3. The molecule has 3 heterocycles. The van der Waals surface area contributed by atoms with Crippen LogP contribution in [-0.2, 0) is 0 Å². The molecule has 0 aliphatic rings. The highest BCUT2D eigenvalue weighted by Crippen LogP contribution is 2.19. The monoisotopic (exact) mass is 356 g/mol. The molecule has 0 saturated heterocycles. The number of pyridine rings is 2. The Hall–Kier alpha value is -3.67. The molecule has 6 nitrogen and oxygen atoms in total. The summed E-state index contributed by atoms with van der Waals surface area (Å²) in [5, 5.41) is 1.11. The van der Waals surface area contributed by atoms with Gasteiger partial charge >= 0.3 is 0 Å². The molecular weight excluding hydrogens is 336 g/mol. The van der Waals surface area contributed by atoms with Crippen molar-refractivity contribution in [1.29, 1.82) is 0 Å². The number of rotatable bonds is 4. The van der Waals surface area contributed by atoms with Crippen molar-refractivity contribution in [2.75, 3.05) is 19.0 Å². The SMILES string of the molecule is CN(C)c1ccc(/N=C(/N)c2ccc(-n3ccc4cccnc43)cc2)cn1. The maximum atomic E-state index is 6.18. The molecule has 0 bridgehead atoms. The minimum absolute atomic E-state index is 0.455. The fourth-order valence-corrected chi connectivity index (χ4v) is 2.88. The first-order valence-electron chi connectivity index (χ1n) is 8.62. The molecule has 6 heteroatoms. The Labute approximate surface area is 157 Å². The maximum absolute atomic E-state index is 6.18. The number of fused-ring (bicyclic) bond motifs is 1. The number of benzene rings is 1. The maximum Gasteiger partial charge on any atom is 0.144 e. The normalized spacial score (nSPS) is 11.7. The summed E-state index contributed by atoms with van der Waals surface area (Å²) in [4.78, 5) is 15.2. The molecule has 0 spiro atoms. The van der Waals surface area contributed by atoms with Crippen molar-refractivity contribution >= 4 is 28.4 Å². The summed E-state index contributed by atoms with van der Waals surface area (Å²) >= 11 is 0. The molecule has 0 atom stereocenters.